The zero-order chi connectivity index (χ0) is 22.7. The third-order valence-corrected chi connectivity index (χ3v) is 6.58. The molecule has 0 unspecified atom stereocenters. The van der Waals surface area contributed by atoms with E-state index in [4.69, 9.17) is 14.2 Å². The van der Waals surface area contributed by atoms with Crippen molar-refractivity contribution in [2.24, 2.45) is 5.92 Å². The quantitative estimate of drug-likeness (QED) is 0.333. The van der Waals surface area contributed by atoms with Gasteiger partial charge in [-0.1, -0.05) is 12.1 Å². The smallest absolute Gasteiger partial charge is 0.330 e. The molecular weight excluding hydrogens is 418 g/mol. The summed E-state index contributed by atoms with van der Waals surface area (Å²) < 4.78 is 16.3. The van der Waals surface area contributed by atoms with E-state index in [1.165, 1.54) is 18.9 Å². The molecule has 3 aliphatic rings. The first-order valence-electron chi connectivity index (χ1n) is 11.1. The lowest BCUT2D eigenvalue weighted by molar-refractivity contribution is -0.277. The van der Waals surface area contributed by atoms with Crippen LogP contribution in [0.25, 0.3) is 6.08 Å². The summed E-state index contributed by atoms with van der Waals surface area (Å²) >= 11 is 0. The predicted octanol–water partition coefficient (Wildman–Crippen LogP) is -0.0940. The molecule has 0 spiro atoms. The molecule has 3 aliphatic heterocycles. The number of benzene rings is 1. The van der Waals surface area contributed by atoms with Gasteiger partial charge < -0.3 is 34.6 Å². The van der Waals surface area contributed by atoms with Gasteiger partial charge in [0.25, 0.3) is 0 Å². The average Bonchev–Trinajstić information content (AvgIpc) is 3.42. The number of nitrogens with zero attached hydrogens (tertiary/aromatic N) is 1. The molecule has 3 heterocycles. The number of carbonyl (C=O) groups excluding carboxylic acids is 1. The van der Waals surface area contributed by atoms with Crippen LogP contribution in [-0.4, -0.2) is 94.3 Å². The van der Waals surface area contributed by atoms with E-state index in [9.17, 15) is 25.2 Å². The number of esters is 1. The first-order valence-corrected chi connectivity index (χ1v) is 11.1. The van der Waals surface area contributed by atoms with Crippen molar-refractivity contribution in [1.29, 1.82) is 0 Å². The Hall–Kier alpha value is -2.01. The minimum absolute atomic E-state index is 0.358. The van der Waals surface area contributed by atoms with Crippen molar-refractivity contribution in [1.82, 2.24) is 4.90 Å². The molecule has 0 aromatic heterocycles. The highest BCUT2D eigenvalue weighted by atomic mass is 16.7. The van der Waals surface area contributed by atoms with Gasteiger partial charge in [0.1, 0.15) is 30.2 Å². The highest BCUT2D eigenvalue weighted by Crippen LogP contribution is 2.32. The fourth-order valence-corrected chi connectivity index (χ4v) is 4.74. The molecule has 1 aromatic carbocycles. The van der Waals surface area contributed by atoms with Gasteiger partial charge in [0.15, 0.2) is 0 Å². The van der Waals surface area contributed by atoms with E-state index in [2.05, 4.69) is 4.90 Å². The minimum Gasteiger partial charge on any atom is -0.462 e. The number of hydrogen-bond acceptors (Lipinski definition) is 9. The van der Waals surface area contributed by atoms with Crippen LogP contribution < -0.4 is 4.74 Å². The van der Waals surface area contributed by atoms with Gasteiger partial charge in [-0.05, 0) is 56.1 Å². The number of hydrogen-bond donors (Lipinski definition) is 4. The topological polar surface area (TPSA) is 129 Å². The van der Waals surface area contributed by atoms with E-state index < -0.39 is 37.3 Å². The molecule has 0 radical (unpaired) electrons. The lowest BCUT2D eigenvalue weighted by Gasteiger charge is -2.39. The minimum atomic E-state index is -1.50. The molecule has 0 amide bonds. The summed E-state index contributed by atoms with van der Waals surface area (Å²) in [6.07, 6.45) is -0.143. The van der Waals surface area contributed by atoms with Crippen LogP contribution in [0.3, 0.4) is 0 Å². The van der Waals surface area contributed by atoms with Crippen molar-refractivity contribution in [3.8, 4) is 5.75 Å². The maximum atomic E-state index is 12.1. The number of ether oxygens (including phenoxy) is 3. The van der Waals surface area contributed by atoms with Crippen LogP contribution in [0.5, 0.6) is 5.75 Å². The molecule has 32 heavy (non-hydrogen) atoms. The summed E-state index contributed by atoms with van der Waals surface area (Å²) in [7, 11) is 0. The zero-order valence-corrected chi connectivity index (χ0v) is 17.8. The Morgan fingerprint density at radius 3 is 2.62 bits per heavy atom. The second-order valence-corrected chi connectivity index (χ2v) is 8.64. The first-order chi connectivity index (χ1) is 15.5. The predicted molar refractivity (Wildman–Crippen MR) is 114 cm³/mol. The van der Waals surface area contributed by atoms with Crippen molar-refractivity contribution >= 4 is 12.0 Å². The Labute approximate surface area is 186 Å². The highest BCUT2D eigenvalue weighted by molar-refractivity contribution is 5.87. The molecule has 4 N–H and O–H groups in total. The Bertz CT molecular complexity index is 798. The van der Waals surface area contributed by atoms with Crippen molar-refractivity contribution in [3.63, 3.8) is 0 Å². The summed E-state index contributed by atoms with van der Waals surface area (Å²) in [5.74, 6) is 0.410. The molecule has 3 fully saturated rings. The van der Waals surface area contributed by atoms with Crippen LogP contribution >= 0.6 is 0 Å². The molecule has 4 rings (SSSR count). The van der Waals surface area contributed by atoms with Gasteiger partial charge in [-0.2, -0.15) is 0 Å². The monoisotopic (exact) mass is 449 g/mol. The largest absolute Gasteiger partial charge is 0.462 e. The maximum Gasteiger partial charge on any atom is 0.330 e. The zero-order valence-electron chi connectivity index (χ0n) is 17.8. The van der Waals surface area contributed by atoms with Gasteiger partial charge in [-0.25, -0.2) is 4.79 Å². The Balaban J connectivity index is 1.26. The standard InChI is InChI=1S/C23H31NO8/c25-12-18-20(27)21(28)22(29)23(32-18)31-16-6-3-14(4-7-16)5-8-19(26)30-13-15-9-11-24-10-1-2-17(15)24/h3-8,15,17-18,20-23,25,27-29H,1-2,9-13H2/b8-5+/t15-,17+,18+,20+,21-,22+,23+/m0/s1. The lowest BCUT2D eigenvalue weighted by Crippen LogP contribution is -2.60. The normalized spacial score (nSPS) is 35.2. The molecule has 9 heteroatoms. The molecule has 1 aromatic rings. The maximum absolute atomic E-state index is 12.1. The third-order valence-electron chi connectivity index (χ3n) is 6.58. The van der Waals surface area contributed by atoms with E-state index in [0.29, 0.717) is 24.3 Å². The number of aliphatic hydroxyl groups excluding tert-OH is 4. The van der Waals surface area contributed by atoms with Crippen LogP contribution in [0.15, 0.2) is 30.3 Å². The Morgan fingerprint density at radius 1 is 1.09 bits per heavy atom. The second-order valence-electron chi connectivity index (χ2n) is 8.64. The number of rotatable bonds is 7. The van der Waals surface area contributed by atoms with E-state index in [1.54, 1.807) is 30.3 Å². The van der Waals surface area contributed by atoms with Gasteiger partial charge in [0.2, 0.25) is 6.29 Å². The van der Waals surface area contributed by atoms with Gasteiger partial charge >= 0.3 is 5.97 Å². The number of fused-ring (bicyclic) bond motifs is 1. The molecule has 0 saturated carbocycles. The van der Waals surface area contributed by atoms with Crippen LogP contribution in [0.4, 0.5) is 0 Å². The molecule has 3 saturated heterocycles. The van der Waals surface area contributed by atoms with Crippen LogP contribution in [0, 0.1) is 5.92 Å². The van der Waals surface area contributed by atoms with E-state index in [1.807, 2.05) is 0 Å². The number of carbonyl (C=O) groups is 1. The van der Waals surface area contributed by atoms with Crippen LogP contribution in [0.2, 0.25) is 0 Å². The summed E-state index contributed by atoms with van der Waals surface area (Å²) in [5, 5.41) is 39.0. The van der Waals surface area contributed by atoms with Gasteiger partial charge in [-0.3, -0.25) is 4.90 Å². The average molecular weight is 450 g/mol. The second kappa shape index (κ2) is 10.3. The van der Waals surface area contributed by atoms with Gasteiger partial charge in [0.05, 0.1) is 13.2 Å². The van der Waals surface area contributed by atoms with E-state index in [0.717, 1.165) is 25.1 Å². The molecular formula is C23H31NO8. The summed E-state index contributed by atoms with van der Waals surface area (Å²) in [6, 6.07) is 7.25. The Morgan fingerprint density at radius 2 is 1.88 bits per heavy atom. The van der Waals surface area contributed by atoms with E-state index in [-0.39, 0.29) is 5.97 Å². The van der Waals surface area contributed by atoms with Crippen molar-refractivity contribution in [2.45, 2.75) is 56.0 Å². The highest BCUT2D eigenvalue weighted by Gasteiger charge is 2.44. The van der Waals surface area contributed by atoms with Crippen molar-refractivity contribution < 1.29 is 39.4 Å². The fraction of sp³-hybridized carbons (Fsp3) is 0.609. The van der Waals surface area contributed by atoms with Crippen molar-refractivity contribution in [2.75, 3.05) is 26.3 Å². The Kier molecular flexibility index (Phi) is 7.44. The molecule has 0 bridgehead atoms. The fourth-order valence-electron chi connectivity index (χ4n) is 4.74. The van der Waals surface area contributed by atoms with Gasteiger partial charge in [0, 0.05) is 18.0 Å². The van der Waals surface area contributed by atoms with Crippen LogP contribution in [0.1, 0.15) is 24.8 Å². The van der Waals surface area contributed by atoms with E-state index >= 15 is 0 Å². The van der Waals surface area contributed by atoms with Crippen LogP contribution in [-0.2, 0) is 14.3 Å². The summed E-state index contributed by atoms with van der Waals surface area (Å²) in [6.45, 7) is 2.19. The lowest BCUT2D eigenvalue weighted by atomic mass is 9.99. The summed E-state index contributed by atoms with van der Waals surface area (Å²) in [4.78, 5) is 14.6. The number of aliphatic hydroxyl groups is 4. The first kappa shape index (κ1) is 23.2. The summed E-state index contributed by atoms with van der Waals surface area (Å²) in [5.41, 5.74) is 0.755. The van der Waals surface area contributed by atoms with Crippen molar-refractivity contribution in [3.05, 3.63) is 35.9 Å². The SMILES string of the molecule is O=C(/C=C/c1ccc(O[C@@H]2O[C@H](CO)[C@@H](O)[C@H](O)[C@H]2O)cc1)OC[C@@H]1CCN2CCC[C@H]12. The molecule has 176 valence electrons. The molecule has 9 nitrogen and oxygen atoms in total. The third kappa shape index (κ3) is 5.14. The molecule has 0 aliphatic carbocycles. The van der Waals surface area contributed by atoms with Gasteiger partial charge in [-0.15, -0.1) is 0 Å². The molecule has 7 atom stereocenters.